The van der Waals surface area contributed by atoms with Gasteiger partial charge in [-0.3, -0.25) is 0 Å². The lowest BCUT2D eigenvalue weighted by Gasteiger charge is -2.20. The lowest BCUT2D eigenvalue weighted by molar-refractivity contribution is 0.434. The Bertz CT molecular complexity index is 1280. The zero-order valence-corrected chi connectivity index (χ0v) is 16.1. The highest BCUT2D eigenvalue weighted by Gasteiger charge is 2.19. The largest absolute Gasteiger partial charge is 0.231 e. The number of halogens is 1. The van der Waals surface area contributed by atoms with Gasteiger partial charge in [0.2, 0.25) is 0 Å². The fourth-order valence-electron chi connectivity index (χ4n) is 4.18. The fraction of sp³-hybridized carbons (Fsp3) is 0.318. The van der Waals surface area contributed by atoms with Crippen LogP contribution in [0.15, 0.2) is 30.5 Å². The standard InChI is InChI=1S/C22H19FN6/c1-13-12-29-22(25-13)16(11-24)9-20(28-29)15-7-18(23)17-10-19(26-27-21(17)8-15)14-5-3-2-4-6-14/h7-10,12,14H,2-6H2,1H3. The highest BCUT2D eigenvalue weighted by Crippen LogP contribution is 2.33. The topological polar surface area (TPSA) is 79.8 Å². The maximum absolute atomic E-state index is 15.0. The number of fused-ring (bicyclic) bond motifs is 2. The number of hydrogen-bond acceptors (Lipinski definition) is 5. The molecule has 1 aliphatic carbocycles. The number of nitriles is 1. The molecule has 5 rings (SSSR count). The van der Waals surface area contributed by atoms with Crippen LogP contribution in [0.1, 0.15) is 55.0 Å². The van der Waals surface area contributed by atoms with Crippen molar-refractivity contribution in [1.29, 1.82) is 5.26 Å². The van der Waals surface area contributed by atoms with Crippen molar-refractivity contribution in [3.63, 3.8) is 0 Å². The second kappa shape index (κ2) is 6.89. The molecule has 144 valence electrons. The minimum atomic E-state index is -0.355. The van der Waals surface area contributed by atoms with Crippen LogP contribution in [0.5, 0.6) is 0 Å². The summed E-state index contributed by atoms with van der Waals surface area (Å²) in [6.07, 6.45) is 7.56. The number of nitrogens with zero attached hydrogens (tertiary/aromatic N) is 6. The van der Waals surface area contributed by atoms with E-state index in [4.69, 9.17) is 0 Å². The van der Waals surface area contributed by atoms with E-state index in [-0.39, 0.29) is 5.82 Å². The van der Waals surface area contributed by atoms with Gasteiger partial charge >= 0.3 is 0 Å². The Kier molecular flexibility index (Phi) is 4.20. The number of aryl methyl sites for hydroxylation is 1. The van der Waals surface area contributed by atoms with Gasteiger partial charge in [0, 0.05) is 16.9 Å². The molecule has 0 radical (unpaired) electrons. The molecule has 0 N–H and O–H groups in total. The van der Waals surface area contributed by atoms with E-state index in [0.29, 0.717) is 39.3 Å². The minimum Gasteiger partial charge on any atom is -0.231 e. The Morgan fingerprint density at radius 3 is 2.72 bits per heavy atom. The second-order valence-corrected chi connectivity index (χ2v) is 7.70. The number of hydrogen-bond donors (Lipinski definition) is 0. The smallest absolute Gasteiger partial charge is 0.171 e. The fourth-order valence-corrected chi connectivity index (χ4v) is 4.18. The maximum atomic E-state index is 15.0. The molecule has 0 saturated heterocycles. The van der Waals surface area contributed by atoms with Gasteiger partial charge in [0.05, 0.1) is 34.4 Å². The molecular weight excluding hydrogens is 367 g/mol. The third kappa shape index (κ3) is 3.11. The summed E-state index contributed by atoms with van der Waals surface area (Å²) in [7, 11) is 0. The van der Waals surface area contributed by atoms with Gasteiger partial charge in [0.1, 0.15) is 11.9 Å². The van der Waals surface area contributed by atoms with Gasteiger partial charge in [0.15, 0.2) is 5.65 Å². The molecule has 6 nitrogen and oxygen atoms in total. The Hall–Kier alpha value is -3.40. The predicted octanol–water partition coefficient (Wildman–Crippen LogP) is 4.71. The minimum absolute atomic E-state index is 0.355. The zero-order chi connectivity index (χ0) is 20.0. The van der Waals surface area contributed by atoms with Crippen molar-refractivity contribution in [2.24, 2.45) is 0 Å². The molecule has 1 fully saturated rings. The third-order valence-corrected chi connectivity index (χ3v) is 5.66. The Labute approximate surface area is 167 Å². The quantitative estimate of drug-likeness (QED) is 0.499. The molecule has 0 amide bonds. The number of aromatic nitrogens is 5. The van der Waals surface area contributed by atoms with E-state index in [1.165, 1.54) is 25.3 Å². The van der Waals surface area contributed by atoms with Crippen molar-refractivity contribution in [3.8, 4) is 17.3 Å². The van der Waals surface area contributed by atoms with Crippen LogP contribution in [0.3, 0.4) is 0 Å². The van der Waals surface area contributed by atoms with Gasteiger partial charge in [0.25, 0.3) is 0 Å². The van der Waals surface area contributed by atoms with E-state index in [1.54, 1.807) is 22.8 Å². The van der Waals surface area contributed by atoms with Crippen LogP contribution in [0.4, 0.5) is 4.39 Å². The highest BCUT2D eigenvalue weighted by atomic mass is 19.1. The monoisotopic (exact) mass is 386 g/mol. The molecule has 1 aromatic carbocycles. The summed E-state index contributed by atoms with van der Waals surface area (Å²) in [5, 5.41) is 23.1. The van der Waals surface area contributed by atoms with E-state index in [0.717, 1.165) is 24.2 Å². The predicted molar refractivity (Wildman–Crippen MR) is 107 cm³/mol. The third-order valence-electron chi connectivity index (χ3n) is 5.66. The van der Waals surface area contributed by atoms with Crippen LogP contribution < -0.4 is 0 Å². The van der Waals surface area contributed by atoms with Crippen molar-refractivity contribution in [3.05, 3.63) is 53.2 Å². The first kappa shape index (κ1) is 17.7. The van der Waals surface area contributed by atoms with Crippen molar-refractivity contribution in [2.75, 3.05) is 0 Å². The average Bonchev–Trinajstić information content (AvgIpc) is 3.13. The van der Waals surface area contributed by atoms with E-state index in [2.05, 4.69) is 26.3 Å². The summed E-state index contributed by atoms with van der Waals surface area (Å²) >= 11 is 0. The second-order valence-electron chi connectivity index (χ2n) is 7.70. The molecule has 4 aromatic rings. The first-order valence-electron chi connectivity index (χ1n) is 9.87. The van der Waals surface area contributed by atoms with E-state index >= 15 is 4.39 Å². The van der Waals surface area contributed by atoms with Crippen LogP contribution >= 0.6 is 0 Å². The van der Waals surface area contributed by atoms with Gasteiger partial charge in [-0.25, -0.2) is 13.9 Å². The number of imidazole rings is 1. The van der Waals surface area contributed by atoms with Gasteiger partial charge < -0.3 is 0 Å². The van der Waals surface area contributed by atoms with Gasteiger partial charge in [-0.05, 0) is 44.0 Å². The molecule has 0 bridgehead atoms. The van der Waals surface area contributed by atoms with Crippen LogP contribution in [0, 0.1) is 24.1 Å². The molecule has 0 atom stereocenters. The maximum Gasteiger partial charge on any atom is 0.171 e. The molecule has 1 aliphatic rings. The summed E-state index contributed by atoms with van der Waals surface area (Å²) in [5.41, 5.74) is 4.06. The summed E-state index contributed by atoms with van der Waals surface area (Å²) in [6.45, 7) is 1.84. The van der Waals surface area contributed by atoms with Crippen LogP contribution in [0.25, 0.3) is 27.8 Å². The summed E-state index contributed by atoms with van der Waals surface area (Å²) in [6, 6.07) is 8.84. The number of rotatable bonds is 2. The Morgan fingerprint density at radius 1 is 1.10 bits per heavy atom. The van der Waals surface area contributed by atoms with Gasteiger partial charge in [-0.2, -0.15) is 20.6 Å². The molecule has 29 heavy (non-hydrogen) atoms. The highest BCUT2D eigenvalue weighted by molar-refractivity contribution is 5.84. The molecule has 0 spiro atoms. The van der Waals surface area contributed by atoms with E-state index in [9.17, 15) is 5.26 Å². The Balaban J connectivity index is 1.61. The van der Waals surface area contributed by atoms with E-state index < -0.39 is 0 Å². The molecule has 3 aromatic heterocycles. The number of benzene rings is 1. The van der Waals surface area contributed by atoms with Gasteiger partial charge in [-0.15, -0.1) is 0 Å². The molecule has 0 unspecified atom stereocenters. The first-order chi connectivity index (χ1) is 14.1. The summed E-state index contributed by atoms with van der Waals surface area (Å²) in [5.74, 6) is 0.0122. The first-order valence-corrected chi connectivity index (χ1v) is 9.87. The molecule has 1 saturated carbocycles. The Morgan fingerprint density at radius 2 is 1.93 bits per heavy atom. The zero-order valence-electron chi connectivity index (χ0n) is 16.1. The molecular formula is C22H19FN6. The van der Waals surface area contributed by atoms with Gasteiger partial charge in [-0.1, -0.05) is 19.3 Å². The molecule has 7 heteroatoms. The summed E-state index contributed by atoms with van der Waals surface area (Å²) < 4.78 is 16.6. The van der Waals surface area contributed by atoms with Crippen LogP contribution in [-0.2, 0) is 0 Å². The normalized spacial score (nSPS) is 15.1. The van der Waals surface area contributed by atoms with Crippen molar-refractivity contribution in [2.45, 2.75) is 44.9 Å². The lowest BCUT2D eigenvalue weighted by Crippen LogP contribution is -2.07. The van der Waals surface area contributed by atoms with E-state index in [1.807, 2.05) is 13.0 Å². The van der Waals surface area contributed by atoms with Crippen LogP contribution in [-0.4, -0.2) is 24.8 Å². The van der Waals surface area contributed by atoms with Crippen molar-refractivity contribution >= 4 is 16.6 Å². The summed E-state index contributed by atoms with van der Waals surface area (Å²) in [4.78, 5) is 4.32. The molecule has 3 heterocycles. The lowest BCUT2D eigenvalue weighted by atomic mass is 9.86. The SMILES string of the molecule is Cc1cn2nc(-c3cc(F)c4cc(C5CCCCC5)nnc4c3)cc(C#N)c2n1. The van der Waals surface area contributed by atoms with Crippen LogP contribution in [0.2, 0.25) is 0 Å². The van der Waals surface area contributed by atoms with Crippen molar-refractivity contribution in [1.82, 2.24) is 24.8 Å². The molecule has 0 aliphatic heterocycles. The van der Waals surface area contributed by atoms with Crippen molar-refractivity contribution < 1.29 is 4.39 Å². The average molecular weight is 386 g/mol.